The second kappa shape index (κ2) is 1.58. The molecule has 0 aliphatic carbocycles. The van der Waals surface area contributed by atoms with Gasteiger partial charge in [-0.05, 0) is 6.42 Å². The van der Waals surface area contributed by atoms with E-state index in [1.165, 1.54) is 6.42 Å². The quantitative estimate of drug-likeness (QED) is 0.484. The molecule has 0 bridgehead atoms. The van der Waals surface area contributed by atoms with Crippen molar-refractivity contribution in [3.8, 4) is 0 Å². The van der Waals surface area contributed by atoms with Crippen LogP contribution in [0, 0.1) is 0 Å². The van der Waals surface area contributed by atoms with Gasteiger partial charge in [0.15, 0.2) is 0 Å². The van der Waals surface area contributed by atoms with Crippen molar-refractivity contribution < 1.29 is 4.74 Å². The Bertz CT molecular complexity index is 40.1. The molecule has 0 unspecified atom stereocenters. The predicted molar refractivity (Wildman–Crippen MR) is 23.4 cm³/mol. The summed E-state index contributed by atoms with van der Waals surface area (Å²) in [6.07, 6.45) is 1.54. The Labute approximate surface area is 37.5 Å². The van der Waals surface area contributed by atoms with E-state index in [0.29, 0.717) is 6.23 Å². The minimum Gasteiger partial charge on any atom is -0.367 e. The van der Waals surface area contributed by atoms with Crippen LogP contribution in [0.15, 0.2) is 0 Å². The molecule has 1 aliphatic heterocycles. The fraction of sp³-hybridized carbons (Fsp3) is 1.00. The molecule has 36 valence electrons. The van der Waals surface area contributed by atoms with Gasteiger partial charge in [0.1, 0.15) is 6.23 Å². The van der Waals surface area contributed by atoms with Crippen LogP contribution in [-0.2, 0) is 4.74 Å². The van der Waals surface area contributed by atoms with E-state index in [1.807, 2.05) is 0 Å². The molecule has 1 atom stereocenters. The fourth-order valence-electron chi connectivity index (χ4n) is 0.463. The third-order valence-electron chi connectivity index (χ3n) is 1.06. The Hall–Kier alpha value is -0.0800. The first-order valence-electron chi connectivity index (χ1n) is 2.19. The topological polar surface area (TPSA) is 21.3 Å². The van der Waals surface area contributed by atoms with Crippen LogP contribution >= 0.6 is 0 Å². The highest BCUT2D eigenvalue weighted by Gasteiger charge is 2.13. The molecule has 2 heteroatoms. The number of hydrogen-bond donors (Lipinski definition) is 1. The minimum absolute atomic E-state index is 0.366. The molecular weight excluding hydrogens is 78.0 g/mol. The molecule has 1 saturated heterocycles. The van der Waals surface area contributed by atoms with Gasteiger partial charge in [-0.25, -0.2) is 0 Å². The average Bonchev–Trinajstić information content (AvgIpc) is 1.31. The molecule has 1 aliphatic rings. The van der Waals surface area contributed by atoms with Crippen molar-refractivity contribution >= 4 is 0 Å². The molecule has 2 nitrogen and oxygen atoms in total. The molecule has 0 amide bonds. The zero-order chi connectivity index (χ0) is 4.41. The predicted octanol–water partition coefficient (Wildman–Crippen LogP) is -0.0478. The molecule has 0 spiro atoms. The van der Waals surface area contributed by atoms with Gasteiger partial charge in [-0.3, -0.25) is 5.32 Å². The molecule has 0 aromatic rings. The summed E-state index contributed by atoms with van der Waals surface area (Å²) in [6.45, 7) is 1.12. The van der Waals surface area contributed by atoms with E-state index in [0.717, 1.165) is 6.54 Å². The van der Waals surface area contributed by atoms with Crippen molar-refractivity contribution in [2.45, 2.75) is 12.6 Å². The van der Waals surface area contributed by atoms with E-state index in [-0.39, 0.29) is 0 Å². The molecule has 1 N–H and O–H groups in total. The molecule has 1 rings (SSSR count). The van der Waals surface area contributed by atoms with Crippen LogP contribution in [0.2, 0.25) is 0 Å². The van der Waals surface area contributed by atoms with E-state index in [9.17, 15) is 0 Å². The molecule has 0 radical (unpaired) electrons. The summed E-state index contributed by atoms with van der Waals surface area (Å²) < 4.78 is 4.88. The van der Waals surface area contributed by atoms with Crippen LogP contribution in [-0.4, -0.2) is 19.9 Å². The maximum absolute atomic E-state index is 4.88. The van der Waals surface area contributed by atoms with Crippen molar-refractivity contribution in [3.05, 3.63) is 0 Å². The van der Waals surface area contributed by atoms with Crippen molar-refractivity contribution in [1.82, 2.24) is 5.32 Å². The summed E-state index contributed by atoms with van der Waals surface area (Å²) in [7, 11) is 1.72. The molecule has 6 heavy (non-hydrogen) atoms. The maximum atomic E-state index is 4.88. The third kappa shape index (κ3) is 0.533. The molecule has 0 aromatic heterocycles. The number of ether oxygens (including phenoxy) is 1. The first-order valence-corrected chi connectivity index (χ1v) is 2.19. The van der Waals surface area contributed by atoms with Gasteiger partial charge in [0.2, 0.25) is 0 Å². The van der Waals surface area contributed by atoms with E-state index in [4.69, 9.17) is 4.74 Å². The lowest BCUT2D eigenvalue weighted by molar-refractivity contribution is 0.0233. The van der Waals surface area contributed by atoms with Crippen LogP contribution in [0.4, 0.5) is 0 Å². The smallest absolute Gasteiger partial charge is 0.108 e. The van der Waals surface area contributed by atoms with Crippen LogP contribution in [0.25, 0.3) is 0 Å². The highest BCUT2D eigenvalue weighted by molar-refractivity contribution is 4.66. The maximum Gasteiger partial charge on any atom is 0.108 e. The Balaban J connectivity index is 2.01. The summed E-state index contributed by atoms with van der Waals surface area (Å²) in [6, 6.07) is 0. The summed E-state index contributed by atoms with van der Waals surface area (Å²) in [5.74, 6) is 0. The van der Waals surface area contributed by atoms with E-state index in [1.54, 1.807) is 7.11 Å². The van der Waals surface area contributed by atoms with Gasteiger partial charge < -0.3 is 4.74 Å². The zero-order valence-electron chi connectivity index (χ0n) is 3.90. The number of nitrogens with one attached hydrogen (secondary N) is 1. The highest BCUT2D eigenvalue weighted by Crippen LogP contribution is 1.99. The number of hydrogen-bond acceptors (Lipinski definition) is 2. The highest BCUT2D eigenvalue weighted by atomic mass is 16.5. The minimum atomic E-state index is 0.366. The lowest BCUT2D eigenvalue weighted by atomic mass is 10.2. The summed E-state index contributed by atoms with van der Waals surface area (Å²) in [4.78, 5) is 0. The first kappa shape index (κ1) is 4.09. The monoisotopic (exact) mass is 87.1 g/mol. The van der Waals surface area contributed by atoms with Crippen LogP contribution in [0.1, 0.15) is 6.42 Å². The number of methoxy groups -OCH3 is 1. The Morgan fingerprint density at radius 2 is 2.50 bits per heavy atom. The lowest BCUT2D eigenvalue weighted by Crippen LogP contribution is -2.43. The molecule has 1 heterocycles. The Morgan fingerprint density at radius 3 is 2.50 bits per heavy atom. The third-order valence-corrected chi connectivity index (χ3v) is 1.06. The summed E-state index contributed by atoms with van der Waals surface area (Å²) in [5.41, 5.74) is 0. The molecule has 1 fully saturated rings. The van der Waals surface area contributed by atoms with Crippen LogP contribution in [0.5, 0.6) is 0 Å². The van der Waals surface area contributed by atoms with Gasteiger partial charge in [0.05, 0.1) is 0 Å². The van der Waals surface area contributed by atoms with Gasteiger partial charge in [-0.1, -0.05) is 0 Å². The van der Waals surface area contributed by atoms with E-state index in [2.05, 4.69) is 5.32 Å². The molecular formula is C4H9NO. The lowest BCUT2D eigenvalue weighted by Gasteiger charge is -2.25. The van der Waals surface area contributed by atoms with Crippen molar-refractivity contribution in [2.24, 2.45) is 0 Å². The van der Waals surface area contributed by atoms with Crippen molar-refractivity contribution in [2.75, 3.05) is 13.7 Å². The molecule has 0 saturated carbocycles. The van der Waals surface area contributed by atoms with Crippen molar-refractivity contribution in [3.63, 3.8) is 0 Å². The SMILES string of the molecule is CO[C@H]1CCN1. The average molecular weight is 87.1 g/mol. The Morgan fingerprint density at radius 1 is 1.83 bits per heavy atom. The van der Waals surface area contributed by atoms with Gasteiger partial charge in [0.25, 0.3) is 0 Å². The van der Waals surface area contributed by atoms with E-state index >= 15 is 0 Å². The van der Waals surface area contributed by atoms with Gasteiger partial charge in [0, 0.05) is 13.7 Å². The normalized spacial score (nSPS) is 32.5. The first-order chi connectivity index (χ1) is 2.93. The van der Waals surface area contributed by atoms with Gasteiger partial charge in [-0.15, -0.1) is 0 Å². The largest absolute Gasteiger partial charge is 0.367 e. The number of rotatable bonds is 1. The second-order valence-corrected chi connectivity index (χ2v) is 1.47. The van der Waals surface area contributed by atoms with Crippen molar-refractivity contribution in [1.29, 1.82) is 0 Å². The van der Waals surface area contributed by atoms with Crippen LogP contribution < -0.4 is 5.32 Å². The summed E-state index contributed by atoms with van der Waals surface area (Å²) in [5, 5.41) is 3.07. The van der Waals surface area contributed by atoms with Crippen LogP contribution in [0.3, 0.4) is 0 Å². The zero-order valence-corrected chi connectivity index (χ0v) is 3.90. The van der Waals surface area contributed by atoms with Gasteiger partial charge >= 0.3 is 0 Å². The van der Waals surface area contributed by atoms with Gasteiger partial charge in [-0.2, -0.15) is 0 Å². The summed E-state index contributed by atoms with van der Waals surface area (Å²) >= 11 is 0. The standard InChI is InChI=1S/C4H9NO/c1-6-4-2-3-5-4/h4-5H,2-3H2,1H3/t4-/m0/s1. The molecule has 0 aromatic carbocycles. The van der Waals surface area contributed by atoms with E-state index < -0.39 is 0 Å². The Kier molecular flexibility index (Phi) is 1.08. The fourth-order valence-corrected chi connectivity index (χ4v) is 0.463. The second-order valence-electron chi connectivity index (χ2n) is 1.47.